The normalized spacial score (nSPS) is 11.9. The SMILES string of the molecule is C[C@H](Cc1ccccn1)NC(=O)c1cc(-c2ccccc2F)no1. The van der Waals surface area contributed by atoms with Crippen LogP contribution in [0.3, 0.4) is 0 Å². The number of hydrogen-bond donors (Lipinski definition) is 1. The summed E-state index contributed by atoms with van der Waals surface area (Å²) in [6.07, 6.45) is 2.31. The molecule has 0 aliphatic carbocycles. The fourth-order valence-electron chi connectivity index (χ4n) is 2.36. The second-order valence-electron chi connectivity index (χ2n) is 5.46. The van der Waals surface area contributed by atoms with Gasteiger partial charge in [-0.05, 0) is 31.2 Å². The third-order valence-corrected chi connectivity index (χ3v) is 3.50. The minimum Gasteiger partial charge on any atom is -0.350 e. The largest absolute Gasteiger partial charge is 0.350 e. The van der Waals surface area contributed by atoms with Crippen molar-refractivity contribution in [3.63, 3.8) is 0 Å². The standard InChI is InChI=1S/C18H16FN3O2/c1-12(10-13-6-4-5-9-20-13)21-18(23)17-11-16(22-24-17)14-7-2-3-8-15(14)19/h2-9,11-12H,10H2,1H3,(H,21,23)/t12-/m1/s1. The van der Waals surface area contributed by atoms with Crippen molar-refractivity contribution >= 4 is 5.91 Å². The van der Waals surface area contributed by atoms with Gasteiger partial charge in [-0.2, -0.15) is 0 Å². The Morgan fingerprint density at radius 3 is 2.79 bits per heavy atom. The molecule has 0 bridgehead atoms. The number of hydrogen-bond acceptors (Lipinski definition) is 4. The molecular formula is C18H16FN3O2. The monoisotopic (exact) mass is 325 g/mol. The summed E-state index contributed by atoms with van der Waals surface area (Å²) in [5.41, 5.74) is 1.47. The Bertz CT molecular complexity index is 833. The van der Waals surface area contributed by atoms with Gasteiger partial charge in [-0.3, -0.25) is 9.78 Å². The Balaban J connectivity index is 1.67. The van der Waals surface area contributed by atoms with E-state index in [0.717, 1.165) is 5.69 Å². The summed E-state index contributed by atoms with van der Waals surface area (Å²) >= 11 is 0. The van der Waals surface area contributed by atoms with Crippen molar-refractivity contribution in [2.24, 2.45) is 0 Å². The molecule has 2 aromatic heterocycles. The van der Waals surface area contributed by atoms with E-state index >= 15 is 0 Å². The topological polar surface area (TPSA) is 68.0 Å². The first-order valence-electron chi connectivity index (χ1n) is 7.56. The van der Waals surface area contributed by atoms with Crippen LogP contribution in [0.1, 0.15) is 23.2 Å². The highest BCUT2D eigenvalue weighted by molar-refractivity contribution is 5.92. The first-order valence-corrected chi connectivity index (χ1v) is 7.56. The highest BCUT2D eigenvalue weighted by Crippen LogP contribution is 2.22. The fourth-order valence-corrected chi connectivity index (χ4v) is 2.36. The summed E-state index contributed by atoms with van der Waals surface area (Å²) in [4.78, 5) is 16.4. The summed E-state index contributed by atoms with van der Waals surface area (Å²) in [6, 6.07) is 13.1. The van der Waals surface area contributed by atoms with Gasteiger partial charge in [0, 0.05) is 36.0 Å². The molecule has 0 unspecified atom stereocenters. The number of nitrogens with one attached hydrogen (secondary N) is 1. The van der Waals surface area contributed by atoms with Crippen LogP contribution in [0.5, 0.6) is 0 Å². The van der Waals surface area contributed by atoms with Gasteiger partial charge in [0.15, 0.2) is 0 Å². The molecule has 0 aliphatic rings. The third-order valence-electron chi connectivity index (χ3n) is 3.50. The van der Waals surface area contributed by atoms with Gasteiger partial charge in [-0.15, -0.1) is 0 Å². The summed E-state index contributed by atoms with van der Waals surface area (Å²) < 4.78 is 18.8. The average Bonchev–Trinajstić information content (AvgIpc) is 3.06. The van der Waals surface area contributed by atoms with Gasteiger partial charge < -0.3 is 9.84 Å². The van der Waals surface area contributed by atoms with Crippen LogP contribution in [0.25, 0.3) is 11.3 Å². The zero-order valence-corrected chi connectivity index (χ0v) is 13.1. The number of carbonyl (C=O) groups is 1. The summed E-state index contributed by atoms with van der Waals surface area (Å²) in [5.74, 6) is -0.768. The van der Waals surface area contributed by atoms with E-state index in [-0.39, 0.29) is 17.5 Å². The van der Waals surface area contributed by atoms with Gasteiger partial charge in [0.25, 0.3) is 5.91 Å². The molecule has 0 aliphatic heterocycles. The lowest BCUT2D eigenvalue weighted by atomic mass is 10.1. The van der Waals surface area contributed by atoms with Crippen LogP contribution in [0.15, 0.2) is 59.3 Å². The second kappa shape index (κ2) is 7.04. The van der Waals surface area contributed by atoms with Crippen LogP contribution in [0, 0.1) is 5.82 Å². The fraction of sp³-hybridized carbons (Fsp3) is 0.167. The number of amides is 1. The molecule has 1 N–H and O–H groups in total. The lowest BCUT2D eigenvalue weighted by Crippen LogP contribution is -2.34. The van der Waals surface area contributed by atoms with Crippen LogP contribution < -0.4 is 5.32 Å². The molecule has 1 aromatic carbocycles. The zero-order chi connectivity index (χ0) is 16.9. The van der Waals surface area contributed by atoms with Crippen molar-refractivity contribution in [1.29, 1.82) is 0 Å². The molecule has 0 saturated heterocycles. The molecule has 24 heavy (non-hydrogen) atoms. The summed E-state index contributed by atoms with van der Waals surface area (Å²) in [7, 11) is 0. The van der Waals surface area contributed by atoms with E-state index in [1.54, 1.807) is 24.4 Å². The van der Waals surface area contributed by atoms with E-state index in [0.29, 0.717) is 12.0 Å². The van der Waals surface area contributed by atoms with Gasteiger partial charge >= 0.3 is 0 Å². The Kier molecular flexibility index (Phi) is 4.65. The van der Waals surface area contributed by atoms with Crippen LogP contribution in [0.4, 0.5) is 4.39 Å². The molecular weight excluding hydrogens is 309 g/mol. The van der Waals surface area contributed by atoms with Gasteiger partial charge in [0.2, 0.25) is 5.76 Å². The first kappa shape index (κ1) is 15.9. The van der Waals surface area contributed by atoms with Gasteiger partial charge in [-0.1, -0.05) is 23.4 Å². The molecule has 3 aromatic rings. The third kappa shape index (κ3) is 3.65. The molecule has 0 fully saturated rings. The van der Waals surface area contributed by atoms with Gasteiger partial charge in [-0.25, -0.2) is 4.39 Å². The first-order chi connectivity index (χ1) is 11.6. The Labute approximate surface area is 138 Å². The number of rotatable bonds is 5. The van der Waals surface area contributed by atoms with Crippen molar-refractivity contribution in [2.45, 2.75) is 19.4 Å². The number of carbonyl (C=O) groups excluding carboxylic acids is 1. The molecule has 3 rings (SSSR count). The Hall–Kier alpha value is -3.02. The number of benzene rings is 1. The molecule has 0 saturated carbocycles. The molecule has 5 nitrogen and oxygen atoms in total. The molecule has 2 heterocycles. The van der Waals surface area contributed by atoms with Crippen LogP contribution >= 0.6 is 0 Å². The second-order valence-corrected chi connectivity index (χ2v) is 5.46. The lowest BCUT2D eigenvalue weighted by Gasteiger charge is -2.11. The summed E-state index contributed by atoms with van der Waals surface area (Å²) in [5, 5.41) is 6.59. The number of pyridine rings is 1. The average molecular weight is 325 g/mol. The molecule has 0 radical (unpaired) electrons. The lowest BCUT2D eigenvalue weighted by molar-refractivity contribution is 0.0903. The minimum atomic E-state index is -0.415. The minimum absolute atomic E-state index is 0.0427. The highest BCUT2D eigenvalue weighted by Gasteiger charge is 2.17. The quantitative estimate of drug-likeness (QED) is 0.782. The van der Waals surface area contributed by atoms with Gasteiger partial charge in [0.1, 0.15) is 11.5 Å². The predicted molar refractivity (Wildman–Crippen MR) is 86.8 cm³/mol. The maximum Gasteiger partial charge on any atom is 0.290 e. The van der Waals surface area contributed by atoms with Crippen molar-refractivity contribution in [1.82, 2.24) is 15.5 Å². The van der Waals surface area contributed by atoms with E-state index in [2.05, 4.69) is 15.5 Å². The van der Waals surface area contributed by atoms with E-state index in [1.807, 2.05) is 25.1 Å². The molecule has 122 valence electrons. The number of halogens is 1. The number of nitrogens with zero attached hydrogens (tertiary/aromatic N) is 2. The van der Waals surface area contributed by atoms with Crippen molar-refractivity contribution < 1.29 is 13.7 Å². The van der Waals surface area contributed by atoms with E-state index in [4.69, 9.17) is 4.52 Å². The molecule has 0 spiro atoms. The van der Waals surface area contributed by atoms with Crippen molar-refractivity contribution in [3.8, 4) is 11.3 Å². The summed E-state index contributed by atoms with van der Waals surface area (Å²) in [6.45, 7) is 1.88. The number of aromatic nitrogens is 2. The van der Waals surface area contributed by atoms with E-state index in [1.165, 1.54) is 12.1 Å². The van der Waals surface area contributed by atoms with Crippen LogP contribution in [-0.4, -0.2) is 22.1 Å². The Morgan fingerprint density at radius 1 is 1.25 bits per heavy atom. The van der Waals surface area contributed by atoms with E-state index in [9.17, 15) is 9.18 Å². The van der Waals surface area contributed by atoms with Crippen molar-refractivity contribution in [3.05, 3.63) is 72.0 Å². The smallest absolute Gasteiger partial charge is 0.290 e. The van der Waals surface area contributed by atoms with E-state index < -0.39 is 11.7 Å². The maximum atomic E-state index is 13.7. The molecule has 1 atom stereocenters. The van der Waals surface area contributed by atoms with Crippen LogP contribution in [-0.2, 0) is 6.42 Å². The van der Waals surface area contributed by atoms with Gasteiger partial charge in [0.05, 0.1) is 0 Å². The highest BCUT2D eigenvalue weighted by atomic mass is 19.1. The Morgan fingerprint density at radius 2 is 2.04 bits per heavy atom. The van der Waals surface area contributed by atoms with Crippen LogP contribution in [0.2, 0.25) is 0 Å². The molecule has 1 amide bonds. The predicted octanol–water partition coefficient (Wildman–Crippen LogP) is 3.24. The molecule has 6 heteroatoms. The van der Waals surface area contributed by atoms with Crippen molar-refractivity contribution in [2.75, 3.05) is 0 Å². The zero-order valence-electron chi connectivity index (χ0n) is 13.1. The maximum absolute atomic E-state index is 13.7.